The maximum Gasteiger partial charge on any atom is 0.146 e. The number of para-hydroxylation sites is 1. The van der Waals surface area contributed by atoms with Crippen LogP contribution in [0.3, 0.4) is 0 Å². The summed E-state index contributed by atoms with van der Waals surface area (Å²) in [6, 6.07) is 12.8. The highest BCUT2D eigenvalue weighted by molar-refractivity contribution is 6.31. The molecule has 0 fully saturated rings. The highest BCUT2D eigenvalue weighted by Crippen LogP contribution is 2.32. The zero-order valence-corrected chi connectivity index (χ0v) is 13.3. The molecule has 2 nitrogen and oxygen atoms in total. The third-order valence-electron chi connectivity index (χ3n) is 3.36. The van der Waals surface area contributed by atoms with Crippen LogP contribution in [-0.2, 0) is 6.54 Å². The molecule has 0 bridgehead atoms. The first kappa shape index (κ1) is 15.8. The summed E-state index contributed by atoms with van der Waals surface area (Å²) >= 11 is 6.32. The molecule has 0 heterocycles. The van der Waals surface area contributed by atoms with E-state index in [1.54, 1.807) is 12.1 Å². The van der Waals surface area contributed by atoms with Gasteiger partial charge >= 0.3 is 0 Å². The lowest BCUT2D eigenvalue weighted by atomic mass is 10.1. The number of hydrogen-bond acceptors (Lipinski definition) is 2. The Labute approximate surface area is 130 Å². The molecule has 2 aromatic carbocycles. The first-order chi connectivity index (χ1) is 10.0. The summed E-state index contributed by atoms with van der Waals surface area (Å²) < 4.78 is 14.0. The van der Waals surface area contributed by atoms with E-state index < -0.39 is 0 Å². The molecule has 0 spiro atoms. The van der Waals surface area contributed by atoms with Gasteiger partial charge in [0.2, 0.25) is 0 Å². The van der Waals surface area contributed by atoms with Crippen LogP contribution in [0.15, 0.2) is 42.5 Å². The fourth-order valence-electron chi connectivity index (χ4n) is 2.20. The number of nitrogens with one attached hydrogen (secondary N) is 1. The van der Waals surface area contributed by atoms with Crippen molar-refractivity contribution >= 4 is 23.0 Å². The van der Waals surface area contributed by atoms with Crippen molar-refractivity contribution in [3.8, 4) is 0 Å². The molecule has 112 valence electrons. The smallest absolute Gasteiger partial charge is 0.146 e. The minimum absolute atomic E-state index is 0.247. The summed E-state index contributed by atoms with van der Waals surface area (Å²) in [6.45, 7) is 4.81. The maximum atomic E-state index is 14.0. The fraction of sp³-hybridized carbons (Fsp3) is 0.294. The van der Waals surface area contributed by atoms with Gasteiger partial charge in [-0.05, 0) is 24.3 Å². The molecule has 0 saturated carbocycles. The Morgan fingerprint density at radius 1 is 1.10 bits per heavy atom. The monoisotopic (exact) mass is 306 g/mol. The van der Waals surface area contributed by atoms with E-state index in [0.29, 0.717) is 23.3 Å². The van der Waals surface area contributed by atoms with Crippen molar-refractivity contribution in [2.45, 2.75) is 26.4 Å². The van der Waals surface area contributed by atoms with Crippen LogP contribution in [0.2, 0.25) is 5.02 Å². The van der Waals surface area contributed by atoms with Gasteiger partial charge in [0.25, 0.3) is 0 Å². The van der Waals surface area contributed by atoms with Crippen molar-refractivity contribution in [1.29, 1.82) is 0 Å². The third-order valence-corrected chi connectivity index (χ3v) is 3.71. The van der Waals surface area contributed by atoms with Crippen molar-refractivity contribution in [2.75, 3.05) is 11.9 Å². The zero-order chi connectivity index (χ0) is 15.4. The second-order valence-corrected chi connectivity index (χ2v) is 5.69. The average molecular weight is 307 g/mol. The predicted molar refractivity (Wildman–Crippen MR) is 87.9 cm³/mol. The van der Waals surface area contributed by atoms with Gasteiger partial charge < -0.3 is 10.2 Å². The first-order valence-corrected chi connectivity index (χ1v) is 7.37. The second-order valence-electron chi connectivity index (χ2n) is 5.28. The first-order valence-electron chi connectivity index (χ1n) is 6.99. The minimum atomic E-state index is -0.247. The fourth-order valence-corrected chi connectivity index (χ4v) is 2.43. The molecule has 0 aliphatic carbocycles. The molecule has 0 saturated heterocycles. The summed E-state index contributed by atoms with van der Waals surface area (Å²) in [5, 5.41) is 4.04. The Bertz CT molecular complexity index is 613. The van der Waals surface area contributed by atoms with Gasteiger partial charge in [0, 0.05) is 35.9 Å². The number of halogens is 2. The molecule has 4 heteroatoms. The SMILES string of the molecule is CC(C)NCc1c(Cl)cccc1N(C)c1ccccc1F. The molecular formula is C17H20ClFN2. The Hall–Kier alpha value is -1.58. The lowest BCUT2D eigenvalue weighted by Crippen LogP contribution is -2.24. The van der Waals surface area contributed by atoms with Crippen LogP contribution in [0.1, 0.15) is 19.4 Å². The van der Waals surface area contributed by atoms with Crippen molar-refractivity contribution < 1.29 is 4.39 Å². The van der Waals surface area contributed by atoms with Crippen LogP contribution in [0, 0.1) is 5.82 Å². The molecule has 0 unspecified atom stereocenters. The highest BCUT2D eigenvalue weighted by Gasteiger charge is 2.14. The number of anilines is 2. The molecule has 2 aromatic rings. The molecule has 2 rings (SSSR count). The third kappa shape index (κ3) is 3.74. The van der Waals surface area contributed by atoms with Crippen molar-refractivity contribution in [1.82, 2.24) is 5.32 Å². The molecule has 0 aromatic heterocycles. The predicted octanol–water partition coefficient (Wildman–Crippen LogP) is 4.75. The quantitative estimate of drug-likeness (QED) is 0.858. The van der Waals surface area contributed by atoms with Crippen molar-refractivity contribution in [2.24, 2.45) is 0 Å². The van der Waals surface area contributed by atoms with E-state index in [9.17, 15) is 4.39 Å². The molecule has 0 aliphatic heterocycles. The van der Waals surface area contributed by atoms with Gasteiger partial charge in [-0.3, -0.25) is 0 Å². The Kier molecular flexibility index (Phi) is 5.21. The van der Waals surface area contributed by atoms with E-state index in [0.717, 1.165) is 11.3 Å². The zero-order valence-electron chi connectivity index (χ0n) is 12.5. The lowest BCUT2D eigenvalue weighted by Gasteiger charge is -2.24. The molecule has 0 amide bonds. The molecule has 21 heavy (non-hydrogen) atoms. The van der Waals surface area contributed by atoms with E-state index in [1.165, 1.54) is 6.07 Å². The molecule has 0 radical (unpaired) electrons. The minimum Gasteiger partial charge on any atom is -0.342 e. The molecule has 0 atom stereocenters. The lowest BCUT2D eigenvalue weighted by molar-refractivity contribution is 0.588. The molecule has 0 aliphatic rings. The Balaban J connectivity index is 2.39. The topological polar surface area (TPSA) is 15.3 Å². The average Bonchev–Trinajstić information content (AvgIpc) is 2.45. The van der Waals surface area contributed by atoms with Crippen LogP contribution < -0.4 is 10.2 Å². The number of rotatable bonds is 5. The Morgan fingerprint density at radius 3 is 2.43 bits per heavy atom. The van der Waals surface area contributed by atoms with E-state index in [4.69, 9.17) is 11.6 Å². The summed E-state index contributed by atoms with van der Waals surface area (Å²) in [5.74, 6) is -0.247. The summed E-state index contributed by atoms with van der Waals surface area (Å²) in [5.41, 5.74) is 2.41. The van der Waals surface area contributed by atoms with Crippen LogP contribution in [0.4, 0.5) is 15.8 Å². The Morgan fingerprint density at radius 2 is 1.76 bits per heavy atom. The van der Waals surface area contributed by atoms with Gasteiger partial charge in [0.05, 0.1) is 5.69 Å². The van der Waals surface area contributed by atoms with E-state index in [2.05, 4.69) is 19.2 Å². The van der Waals surface area contributed by atoms with Gasteiger partial charge in [-0.25, -0.2) is 4.39 Å². The standard InChI is InChI=1S/C17H20ClFN2/c1-12(2)20-11-13-14(18)7-6-10-16(13)21(3)17-9-5-4-8-15(17)19/h4-10,12,20H,11H2,1-3H3. The maximum absolute atomic E-state index is 14.0. The highest BCUT2D eigenvalue weighted by atomic mass is 35.5. The largest absolute Gasteiger partial charge is 0.342 e. The van der Waals surface area contributed by atoms with Crippen LogP contribution in [0.25, 0.3) is 0 Å². The van der Waals surface area contributed by atoms with Gasteiger partial charge in [-0.2, -0.15) is 0 Å². The molecular weight excluding hydrogens is 287 g/mol. The number of benzene rings is 2. The summed E-state index contributed by atoms with van der Waals surface area (Å²) in [4.78, 5) is 1.83. The van der Waals surface area contributed by atoms with Crippen LogP contribution in [-0.4, -0.2) is 13.1 Å². The van der Waals surface area contributed by atoms with Crippen molar-refractivity contribution in [3.63, 3.8) is 0 Å². The summed E-state index contributed by atoms with van der Waals surface area (Å²) in [7, 11) is 1.85. The van der Waals surface area contributed by atoms with Crippen LogP contribution in [0.5, 0.6) is 0 Å². The van der Waals surface area contributed by atoms with E-state index in [-0.39, 0.29) is 5.82 Å². The normalized spacial score (nSPS) is 11.0. The van der Waals surface area contributed by atoms with E-state index in [1.807, 2.05) is 36.2 Å². The van der Waals surface area contributed by atoms with Gasteiger partial charge in [0.1, 0.15) is 5.82 Å². The van der Waals surface area contributed by atoms with Gasteiger partial charge in [-0.1, -0.05) is 43.6 Å². The molecule has 1 N–H and O–H groups in total. The number of hydrogen-bond donors (Lipinski definition) is 1. The van der Waals surface area contributed by atoms with Crippen LogP contribution >= 0.6 is 11.6 Å². The number of nitrogens with zero attached hydrogens (tertiary/aromatic N) is 1. The summed E-state index contributed by atoms with van der Waals surface area (Å²) in [6.07, 6.45) is 0. The second kappa shape index (κ2) is 6.92. The van der Waals surface area contributed by atoms with Gasteiger partial charge in [0.15, 0.2) is 0 Å². The van der Waals surface area contributed by atoms with Gasteiger partial charge in [-0.15, -0.1) is 0 Å². The van der Waals surface area contributed by atoms with E-state index >= 15 is 0 Å². The van der Waals surface area contributed by atoms with Crippen molar-refractivity contribution in [3.05, 3.63) is 58.9 Å².